The molecule has 0 bridgehead atoms. The summed E-state index contributed by atoms with van der Waals surface area (Å²) in [5.41, 5.74) is 1.14. The van der Waals surface area contributed by atoms with E-state index >= 15 is 0 Å². The first-order valence-electron chi connectivity index (χ1n) is 9.26. The van der Waals surface area contributed by atoms with Crippen molar-refractivity contribution >= 4 is 47.5 Å². The van der Waals surface area contributed by atoms with Crippen molar-refractivity contribution in [1.29, 1.82) is 0 Å². The zero-order valence-electron chi connectivity index (χ0n) is 15.7. The molecule has 1 nitrogen and oxygen atoms in total. The van der Waals surface area contributed by atoms with E-state index < -0.39 is 4.25 Å². The molecule has 4 aromatic carbocycles. The maximum absolute atomic E-state index is 11.1. The van der Waals surface area contributed by atoms with E-state index in [1.807, 2.05) is 30.3 Å². The molecular formula is C25H22IOP. The molecule has 0 aromatic heterocycles. The number of hydrogen-bond acceptors (Lipinski definition) is 1. The van der Waals surface area contributed by atoms with Gasteiger partial charge in [-0.25, -0.2) is 0 Å². The number of halogens is 1. The number of rotatable bonds is 4. The van der Waals surface area contributed by atoms with Gasteiger partial charge in [-0.3, -0.25) is 0 Å². The third-order valence-electron chi connectivity index (χ3n) is 5.31. The summed E-state index contributed by atoms with van der Waals surface area (Å²) < 4.78 is -3.18. The molecule has 0 unspecified atom stereocenters. The molecule has 28 heavy (non-hydrogen) atoms. The Balaban J connectivity index is 2.28. The number of phenolic OH excluding ortho intramolecular Hbond substituents is 1. The molecule has 0 spiro atoms. The van der Waals surface area contributed by atoms with Crippen molar-refractivity contribution in [2.45, 2.75) is 6.92 Å². The maximum atomic E-state index is 11.1. The molecule has 1 N–H and O–H groups in total. The van der Waals surface area contributed by atoms with Crippen molar-refractivity contribution in [1.82, 2.24) is 0 Å². The van der Waals surface area contributed by atoms with Gasteiger partial charge in [-0.15, -0.1) is 0 Å². The van der Waals surface area contributed by atoms with Crippen LogP contribution in [0.15, 0.2) is 109 Å². The summed E-state index contributed by atoms with van der Waals surface area (Å²) in [4.78, 5) is 0. The zero-order valence-corrected chi connectivity index (χ0v) is 18.7. The van der Waals surface area contributed by atoms with Gasteiger partial charge in [0.25, 0.3) is 0 Å². The zero-order chi connectivity index (χ0) is 19.6. The quantitative estimate of drug-likeness (QED) is 0.304. The van der Waals surface area contributed by atoms with Crippen LogP contribution in [0.2, 0.25) is 0 Å². The minimum absolute atomic E-state index is 0.342. The SMILES string of the molecule is Cc1ccc(O)c(P(I)(c2ccccc2)(c2ccccc2)c2ccccc2)c1. The fourth-order valence-corrected chi connectivity index (χ4v) is 12.9. The van der Waals surface area contributed by atoms with Crippen LogP contribution in [0, 0.1) is 6.92 Å². The van der Waals surface area contributed by atoms with E-state index in [0.717, 1.165) is 10.9 Å². The molecule has 0 saturated heterocycles. The second kappa shape index (κ2) is 7.35. The monoisotopic (exact) mass is 496 g/mol. The molecular weight excluding hydrogens is 474 g/mol. The Morgan fingerprint density at radius 3 is 1.39 bits per heavy atom. The van der Waals surface area contributed by atoms with Gasteiger partial charge in [0.1, 0.15) is 0 Å². The normalized spacial score (nSPS) is 12.9. The topological polar surface area (TPSA) is 20.2 Å². The summed E-state index contributed by atoms with van der Waals surface area (Å²) in [6.07, 6.45) is 0. The first-order valence-corrected chi connectivity index (χ1v) is 14.3. The number of aromatic hydroxyl groups is 1. The Kier molecular flexibility index (Phi) is 5.03. The fraction of sp³-hybridized carbons (Fsp3) is 0.0400. The molecule has 0 saturated carbocycles. The van der Waals surface area contributed by atoms with E-state index in [9.17, 15) is 5.11 Å². The Hall–Kier alpha value is -2.16. The van der Waals surface area contributed by atoms with Crippen LogP contribution in [-0.2, 0) is 0 Å². The van der Waals surface area contributed by atoms with E-state index in [4.69, 9.17) is 0 Å². The molecule has 140 valence electrons. The average Bonchev–Trinajstić information content (AvgIpc) is 2.77. The summed E-state index contributed by atoms with van der Waals surface area (Å²) in [6.45, 7) is 2.09. The predicted molar refractivity (Wildman–Crippen MR) is 132 cm³/mol. The predicted octanol–water partition coefficient (Wildman–Crippen LogP) is 5.21. The van der Waals surface area contributed by atoms with Gasteiger partial charge in [-0.1, -0.05) is 0 Å². The van der Waals surface area contributed by atoms with Crippen LogP contribution in [0.25, 0.3) is 0 Å². The second-order valence-electron chi connectivity index (χ2n) is 7.01. The van der Waals surface area contributed by atoms with Gasteiger partial charge in [0.2, 0.25) is 0 Å². The van der Waals surface area contributed by atoms with Gasteiger partial charge in [0.05, 0.1) is 0 Å². The Bertz CT molecular complexity index is 996. The number of benzene rings is 4. The fourth-order valence-electron chi connectivity index (χ4n) is 3.96. The van der Waals surface area contributed by atoms with Gasteiger partial charge >= 0.3 is 180 Å². The third kappa shape index (κ3) is 2.78. The van der Waals surface area contributed by atoms with Crippen LogP contribution < -0.4 is 21.2 Å². The summed E-state index contributed by atoms with van der Waals surface area (Å²) in [5.74, 6) is 0.342. The Morgan fingerprint density at radius 2 is 1.00 bits per heavy atom. The summed E-state index contributed by atoms with van der Waals surface area (Å²) in [6, 6.07) is 37.9. The standard InChI is InChI=1S/C25H22IOP/c1-20-17-18-24(27)25(19-20)28(26,21-11-5-2-6-12-21,22-13-7-3-8-14-22)23-15-9-4-10-16-23/h2-19,27H,1H3. The molecule has 0 aliphatic rings. The van der Waals surface area contributed by atoms with Crippen molar-refractivity contribution in [3.05, 3.63) is 115 Å². The van der Waals surface area contributed by atoms with E-state index in [2.05, 4.69) is 108 Å². The van der Waals surface area contributed by atoms with Crippen molar-refractivity contribution in [2.75, 3.05) is 0 Å². The number of aryl methyl sites for hydroxylation is 1. The van der Waals surface area contributed by atoms with Gasteiger partial charge in [-0.2, -0.15) is 0 Å². The summed E-state index contributed by atoms with van der Waals surface area (Å²) in [7, 11) is 0. The Labute approximate surface area is 179 Å². The van der Waals surface area contributed by atoms with Crippen LogP contribution in [0.5, 0.6) is 5.75 Å². The average molecular weight is 496 g/mol. The van der Waals surface area contributed by atoms with Gasteiger partial charge in [0.15, 0.2) is 0 Å². The first kappa shape index (κ1) is 19.2. The van der Waals surface area contributed by atoms with Gasteiger partial charge in [-0.05, 0) is 0 Å². The van der Waals surface area contributed by atoms with E-state index in [1.54, 1.807) is 0 Å². The Morgan fingerprint density at radius 1 is 0.607 bits per heavy atom. The van der Waals surface area contributed by atoms with Crippen molar-refractivity contribution in [3.63, 3.8) is 0 Å². The van der Waals surface area contributed by atoms with Gasteiger partial charge < -0.3 is 0 Å². The second-order valence-corrected chi connectivity index (χ2v) is 16.8. The summed E-state index contributed by atoms with van der Waals surface area (Å²) >= 11 is 2.68. The van der Waals surface area contributed by atoms with E-state index in [-0.39, 0.29) is 0 Å². The molecule has 0 amide bonds. The summed E-state index contributed by atoms with van der Waals surface area (Å²) in [5, 5.41) is 15.8. The number of phenols is 1. The molecule has 0 heterocycles. The first-order chi connectivity index (χ1) is 13.6. The molecule has 0 aliphatic heterocycles. The van der Waals surface area contributed by atoms with Gasteiger partial charge in [0, 0.05) is 0 Å². The third-order valence-corrected chi connectivity index (χ3v) is 16.9. The molecule has 0 aliphatic carbocycles. The van der Waals surface area contributed by atoms with Crippen LogP contribution in [0.3, 0.4) is 0 Å². The molecule has 4 aromatic rings. The van der Waals surface area contributed by atoms with E-state index in [0.29, 0.717) is 5.75 Å². The van der Waals surface area contributed by atoms with Crippen molar-refractivity contribution in [2.24, 2.45) is 0 Å². The minimum atomic E-state index is -3.18. The molecule has 0 fully saturated rings. The van der Waals surface area contributed by atoms with Crippen LogP contribution >= 0.6 is 26.3 Å². The van der Waals surface area contributed by atoms with Crippen LogP contribution in [0.4, 0.5) is 0 Å². The molecule has 3 heteroatoms. The molecule has 0 atom stereocenters. The van der Waals surface area contributed by atoms with E-state index in [1.165, 1.54) is 15.9 Å². The van der Waals surface area contributed by atoms with Crippen molar-refractivity contribution in [3.8, 4) is 5.75 Å². The van der Waals surface area contributed by atoms with Crippen LogP contribution in [-0.4, -0.2) is 5.11 Å². The number of hydrogen-bond donors (Lipinski definition) is 1. The molecule has 0 radical (unpaired) electrons. The van der Waals surface area contributed by atoms with Crippen molar-refractivity contribution < 1.29 is 5.11 Å². The molecule has 4 rings (SSSR count). The van der Waals surface area contributed by atoms with Crippen LogP contribution in [0.1, 0.15) is 5.56 Å².